The molecule has 2 heterocycles. The molecule has 1 aliphatic heterocycles. The lowest BCUT2D eigenvalue weighted by molar-refractivity contribution is -0.227. The van der Waals surface area contributed by atoms with Gasteiger partial charge in [0.2, 0.25) is 11.1 Å². The number of tetrazole rings is 1. The Morgan fingerprint density at radius 1 is 1.02 bits per heavy atom. The topological polar surface area (TPSA) is 194 Å². The minimum absolute atomic E-state index is 0.0687. The summed E-state index contributed by atoms with van der Waals surface area (Å²) in [6.45, 7) is 3.29. The standard InChI is InChI=1S/C22H27N7O9S2/c1-11(30)36-16-9-35-20(19(38-13(3)32)18(16)37-12(2)31)23-21(39)25-24-17(33)10-40-22-26-27-28-29(22)14-5-7-15(34-4)8-6-14/h5-8,16,18-20H,9-10H2,1-4H3,(H,24,33)(H2,23,25,39)/t16-,18+,19-,20-/m1/s1. The first-order chi connectivity index (χ1) is 19.1. The number of thioether (sulfide) groups is 1. The molecule has 3 N–H and O–H groups in total. The van der Waals surface area contributed by atoms with Gasteiger partial charge in [-0.05, 0) is 46.9 Å². The summed E-state index contributed by atoms with van der Waals surface area (Å²) in [6, 6.07) is 7.04. The van der Waals surface area contributed by atoms with E-state index in [0.717, 1.165) is 25.6 Å². The fourth-order valence-corrected chi connectivity index (χ4v) is 4.34. The molecule has 16 nitrogen and oxygen atoms in total. The largest absolute Gasteiger partial charge is 0.497 e. The van der Waals surface area contributed by atoms with Gasteiger partial charge in [-0.3, -0.25) is 30.0 Å². The number of nitrogens with one attached hydrogen (secondary N) is 3. The maximum absolute atomic E-state index is 12.4. The molecule has 4 atom stereocenters. The number of thiocarbonyl (C=S) groups is 1. The van der Waals surface area contributed by atoms with E-state index < -0.39 is 48.4 Å². The van der Waals surface area contributed by atoms with E-state index in [-0.39, 0.29) is 17.5 Å². The molecule has 1 aliphatic rings. The molecule has 3 rings (SSSR count). The van der Waals surface area contributed by atoms with Crippen molar-refractivity contribution in [1.82, 2.24) is 36.4 Å². The van der Waals surface area contributed by atoms with Gasteiger partial charge >= 0.3 is 17.9 Å². The zero-order valence-electron chi connectivity index (χ0n) is 21.8. The number of aromatic nitrogens is 4. The number of carbonyl (C=O) groups is 4. The Morgan fingerprint density at radius 2 is 1.68 bits per heavy atom. The fraction of sp³-hybridized carbons (Fsp3) is 0.455. The number of ether oxygens (including phenoxy) is 5. The number of hydrogen-bond acceptors (Lipinski definition) is 14. The second-order valence-electron chi connectivity index (χ2n) is 8.06. The Kier molecular flexibility index (Phi) is 11.0. The van der Waals surface area contributed by atoms with Crippen molar-refractivity contribution in [2.75, 3.05) is 19.5 Å². The molecule has 1 aromatic heterocycles. The highest BCUT2D eigenvalue weighted by atomic mass is 32.2. The van der Waals surface area contributed by atoms with Crippen LogP contribution in [0.25, 0.3) is 5.69 Å². The van der Waals surface area contributed by atoms with Crippen LogP contribution in [0.1, 0.15) is 20.8 Å². The van der Waals surface area contributed by atoms with Crippen molar-refractivity contribution in [3.05, 3.63) is 24.3 Å². The number of benzene rings is 1. The van der Waals surface area contributed by atoms with Crippen LogP contribution in [0.4, 0.5) is 0 Å². The smallest absolute Gasteiger partial charge is 0.303 e. The van der Waals surface area contributed by atoms with Gasteiger partial charge in [0.25, 0.3) is 0 Å². The molecule has 0 aliphatic carbocycles. The minimum atomic E-state index is -1.23. The van der Waals surface area contributed by atoms with Crippen LogP contribution in [0.15, 0.2) is 29.4 Å². The molecule has 1 aromatic carbocycles. The third-order valence-corrected chi connectivity index (χ3v) is 6.17. The van der Waals surface area contributed by atoms with E-state index in [0.29, 0.717) is 16.6 Å². The highest BCUT2D eigenvalue weighted by Gasteiger charge is 2.47. The summed E-state index contributed by atoms with van der Waals surface area (Å²) >= 11 is 6.29. The van der Waals surface area contributed by atoms with Gasteiger partial charge in [0, 0.05) is 20.8 Å². The van der Waals surface area contributed by atoms with E-state index in [4.69, 9.17) is 35.9 Å². The van der Waals surface area contributed by atoms with Crippen molar-refractivity contribution in [2.24, 2.45) is 0 Å². The second-order valence-corrected chi connectivity index (χ2v) is 9.41. The summed E-state index contributed by atoms with van der Waals surface area (Å²) < 4.78 is 28.0. The van der Waals surface area contributed by atoms with Crippen molar-refractivity contribution in [2.45, 2.75) is 50.5 Å². The summed E-state index contributed by atoms with van der Waals surface area (Å²) in [5.74, 6) is -1.90. The monoisotopic (exact) mass is 597 g/mol. The van der Waals surface area contributed by atoms with Gasteiger partial charge in [-0.2, -0.15) is 4.68 Å². The molecular weight excluding hydrogens is 570 g/mol. The summed E-state index contributed by atoms with van der Waals surface area (Å²) in [5.41, 5.74) is 5.61. The Labute approximate surface area is 237 Å². The molecule has 0 spiro atoms. The Hall–Kier alpha value is -4.03. The van der Waals surface area contributed by atoms with E-state index in [9.17, 15) is 19.2 Å². The normalized spacial score (nSPS) is 20.0. The van der Waals surface area contributed by atoms with Gasteiger partial charge in [-0.1, -0.05) is 11.8 Å². The maximum atomic E-state index is 12.4. The van der Waals surface area contributed by atoms with Gasteiger partial charge in [0.1, 0.15) is 5.75 Å². The van der Waals surface area contributed by atoms with Crippen molar-refractivity contribution in [1.29, 1.82) is 0 Å². The average molecular weight is 598 g/mol. The fourth-order valence-electron chi connectivity index (χ4n) is 3.48. The number of rotatable bonds is 9. The highest BCUT2D eigenvalue weighted by Crippen LogP contribution is 2.24. The number of nitrogens with zero attached hydrogens (tertiary/aromatic N) is 4. The summed E-state index contributed by atoms with van der Waals surface area (Å²) in [4.78, 5) is 47.3. The van der Waals surface area contributed by atoms with Gasteiger partial charge in [0.15, 0.2) is 29.7 Å². The molecular formula is C22H27N7O9S2. The van der Waals surface area contributed by atoms with Crippen LogP contribution in [0.3, 0.4) is 0 Å². The summed E-state index contributed by atoms with van der Waals surface area (Å²) in [5, 5.41) is 14.5. The summed E-state index contributed by atoms with van der Waals surface area (Å²) in [7, 11) is 1.56. The van der Waals surface area contributed by atoms with Crippen LogP contribution >= 0.6 is 24.0 Å². The lowest BCUT2D eigenvalue weighted by atomic mass is 10.0. The van der Waals surface area contributed by atoms with Crippen LogP contribution in [0.2, 0.25) is 0 Å². The predicted octanol–water partition coefficient (Wildman–Crippen LogP) is -0.590. The number of esters is 3. The lowest BCUT2D eigenvalue weighted by Gasteiger charge is -2.40. The van der Waals surface area contributed by atoms with Crippen LogP contribution in [-0.2, 0) is 38.1 Å². The minimum Gasteiger partial charge on any atom is -0.497 e. The van der Waals surface area contributed by atoms with Gasteiger partial charge in [-0.25, -0.2) is 0 Å². The molecule has 18 heteroatoms. The quantitative estimate of drug-likeness (QED) is 0.109. The molecule has 1 fully saturated rings. The molecule has 0 radical (unpaired) electrons. The number of hydrogen-bond donors (Lipinski definition) is 3. The zero-order valence-corrected chi connectivity index (χ0v) is 23.4. The first-order valence-corrected chi connectivity index (χ1v) is 13.0. The lowest BCUT2D eigenvalue weighted by Crippen LogP contribution is -2.63. The van der Waals surface area contributed by atoms with E-state index >= 15 is 0 Å². The molecule has 216 valence electrons. The van der Waals surface area contributed by atoms with Crippen molar-refractivity contribution in [3.63, 3.8) is 0 Å². The molecule has 1 amide bonds. The van der Waals surface area contributed by atoms with E-state index in [2.05, 4.69) is 31.7 Å². The number of amides is 1. The van der Waals surface area contributed by atoms with E-state index in [1.807, 2.05) is 0 Å². The molecule has 0 bridgehead atoms. The Morgan fingerprint density at radius 3 is 2.30 bits per heavy atom. The highest BCUT2D eigenvalue weighted by molar-refractivity contribution is 7.99. The van der Waals surface area contributed by atoms with Crippen LogP contribution in [0.5, 0.6) is 5.75 Å². The average Bonchev–Trinajstić information content (AvgIpc) is 3.37. The SMILES string of the molecule is COc1ccc(-n2nnnc2SCC(=O)NNC(=S)N[C@@H]2OC[C@@H](OC(C)=O)[C@H](OC(C)=O)[C@H]2OC(C)=O)cc1. The summed E-state index contributed by atoms with van der Waals surface area (Å²) in [6.07, 6.45) is -4.55. The van der Waals surface area contributed by atoms with Crippen LogP contribution < -0.4 is 20.9 Å². The third-order valence-electron chi connectivity index (χ3n) is 5.03. The van der Waals surface area contributed by atoms with Crippen LogP contribution in [-0.4, -0.2) is 93.1 Å². The molecule has 0 unspecified atom stereocenters. The number of hydrazine groups is 1. The number of methoxy groups -OCH3 is 1. The molecule has 0 saturated carbocycles. The third kappa shape index (κ3) is 8.75. The predicted molar refractivity (Wildman–Crippen MR) is 140 cm³/mol. The van der Waals surface area contributed by atoms with Gasteiger partial charge < -0.3 is 29.0 Å². The van der Waals surface area contributed by atoms with Crippen molar-refractivity contribution < 1.29 is 42.9 Å². The van der Waals surface area contributed by atoms with Crippen LogP contribution in [0, 0.1) is 0 Å². The zero-order chi connectivity index (χ0) is 29.2. The Bertz CT molecular complexity index is 1230. The van der Waals surface area contributed by atoms with E-state index in [1.54, 1.807) is 31.4 Å². The maximum Gasteiger partial charge on any atom is 0.303 e. The van der Waals surface area contributed by atoms with Gasteiger partial charge in [-0.15, -0.1) is 5.10 Å². The van der Waals surface area contributed by atoms with Crippen molar-refractivity contribution in [3.8, 4) is 11.4 Å². The molecule has 40 heavy (non-hydrogen) atoms. The first-order valence-electron chi connectivity index (χ1n) is 11.6. The second kappa shape index (κ2) is 14.4. The van der Waals surface area contributed by atoms with E-state index in [1.165, 1.54) is 11.6 Å². The number of carbonyl (C=O) groups excluding carboxylic acids is 4. The Balaban J connectivity index is 1.55. The van der Waals surface area contributed by atoms with Gasteiger partial charge in [0.05, 0.1) is 25.2 Å². The molecule has 2 aromatic rings. The molecule has 1 saturated heterocycles. The van der Waals surface area contributed by atoms with Crippen molar-refractivity contribution >= 4 is 52.9 Å². The first kappa shape index (κ1) is 30.5.